The lowest BCUT2D eigenvalue weighted by atomic mass is 10.1. The van der Waals surface area contributed by atoms with Crippen molar-refractivity contribution in [1.82, 2.24) is 9.88 Å². The summed E-state index contributed by atoms with van der Waals surface area (Å²) in [4.78, 5) is 29.5. The van der Waals surface area contributed by atoms with Gasteiger partial charge in [0, 0.05) is 18.1 Å². The van der Waals surface area contributed by atoms with Crippen LogP contribution in [-0.4, -0.2) is 41.0 Å². The third-order valence-electron chi connectivity index (χ3n) is 3.89. The molecule has 21 heavy (non-hydrogen) atoms. The van der Waals surface area contributed by atoms with Gasteiger partial charge in [0.1, 0.15) is 6.04 Å². The zero-order chi connectivity index (χ0) is 14.8. The van der Waals surface area contributed by atoms with Crippen molar-refractivity contribution >= 4 is 22.8 Å². The van der Waals surface area contributed by atoms with Gasteiger partial charge in [-0.15, -0.1) is 0 Å². The standard InChI is InChI=1S/C16H18N2O3/c1-2-21-16(20)13-7-4-10-18(13)15(19)12-6-3-5-11-8-9-17-14(11)12/h3,5-6,8-9,13,17H,2,4,7,10H2,1H3. The summed E-state index contributed by atoms with van der Waals surface area (Å²) in [6.07, 6.45) is 3.31. The fourth-order valence-corrected chi connectivity index (χ4v) is 2.91. The van der Waals surface area contributed by atoms with Crippen LogP contribution in [0.5, 0.6) is 0 Å². The van der Waals surface area contributed by atoms with E-state index in [9.17, 15) is 9.59 Å². The Kier molecular flexibility index (Phi) is 3.64. The lowest BCUT2D eigenvalue weighted by Crippen LogP contribution is -2.41. The number of benzene rings is 1. The van der Waals surface area contributed by atoms with Gasteiger partial charge >= 0.3 is 5.97 Å². The Morgan fingerprint density at radius 1 is 1.38 bits per heavy atom. The van der Waals surface area contributed by atoms with E-state index in [-0.39, 0.29) is 11.9 Å². The summed E-state index contributed by atoms with van der Waals surface area (Å²) >= 11 is 0. The number of nitrogens with one attached hydrogen (secondary N) is 1. The van der Waals surface area contributed by atoms with Crippen LogP contribution in [0.15, 0.2) is 30.5 Å². The number of nitrogens with zero attached hydrogens (tertiary/aromatic N) is 1. The SMILES string of the molecule is CCOC(=O)C1CCCN1C(=O)c1cccc2cc[nH]c12. The highest BCUT2D eigenvalue weighted by molar-refractivity contribution is 6.06. The minimum atomic E-state index is -0.456. The Balaban J connectivity index is 1.90. The van der Waals surface area contributed by atoms with Crippen molar-refractivity contribution in [3.63, 3.8) is 0 Å². The zero-order valence-electron chi connectivity index (χ0n) is 12.0. The van der Waals surface area contributed by atoms with Gasteiger partial charge in [-0.25, -0.2) is 4.79 Å². The minimum absolute atomic E-state index is 0.112. The summed E-state index contributed by atoms with van der Waals surface area (Å²) < 4.78 is 5.07. The van der Waals surface area contributed by atoms with Gasteiger partial charge in [0.2, 0.25) is 0 Å². The molecule has 1 aromatic carbocycles. The molecule has 2 heterocycles. The van der Waals surface area contributed by atoms with Gasteiger partial charge in [0.25, 0.3) is 5.91 Å². The number of para-hydroxylation sites is 1. The molecule has 5 nitrogen and oxygen atoms in total. The first-order chi connectivity index (χ1) is 10.2. The molecular weight excluding hydrogens is 268 g/mol. The van der Waals surface area contributed by atoms with Gasteiger partial charge in [0.15, 0.2) is 0 Å². The van der Waals surface area contributed by atoms with E-state index in [1.165, 1.54) is 0 Å². The molecular formula is C16H18N2O3. The van der Waals surface area contributed by atoms with Crippen LogP contribution >= 0.6 is 0 Å². The van der Waals surface area contributed by atoms with Crippen molar-refractivity contribution in [3.8, 4) is 0 Å². The van der Waals surface area contributed by atoms with E-state index in [0.29, 0.717) is 25.1 Å². The van der Waals surface area contributed by atoms with Crippen molar-refractivity contribution in [2.75, 3.05) is 13.2 Å². The van der Waals surface area contributed by atoms with Gasteiger partial charge in [-0.2, -0.15) is 0 Å². The van der Waals surface area contributed by atoms with Gasteiger partial charge in [-0.1, -0.05) is 12.1 Å². The Morgan fingerprint density at radius 3 is 3.05 bits per heavy atom. The van der Waals surface area contributed by atoms with Crippen LogP contribution in [0.25, 0.3) is 10.9 Å². The molecule has 2 aromatic rings. The molecule has 3 rings (SSSR count). The molecule has 5 heteroatoms. The average Bonchev–Trinajstić information content (AvgIpc) is 3.15. The highest BCUT2D eigenvalue weighted by Crippen LogP contribution is 2.24. The molecule has 1 unspecified atom stereocenters. The minimum Gasteiger partial charge on any atom is -0.464 e. The van der Waals surface area contributed by atoms with E-state index in [4.69, 9.17) is 4.74 Å². The summed E-state index contributed by atoms with van der Waals surface area (Å²) in [5.41, 5.74) is 1.42. The first-order valence-electron chi connectivity index (χ1n) is 7.26. The van der Waals surface area contributed by atoms with E-state index in [2.05, 4.69) is 4.98 Å². The van der Waals surface area contributed by atoms with Gasteiger partial charge in [-0.05, 0) is 31.9 Å². The topological polar surface area (TPSA) is 62.4 Å². The predicted molar refractivity (Wildman–Crippen MR) is 79.0 cm³/mol. The second-order valence-corrected chi connectivity index (χ2v) is 5.16. The van der Waals surface area contributed by atoms with Gasteiger partial charge in [0.05, 0.1) is 17.7 Å². The van der Waals surface area contributed by atoms with Gasteiger partial charge in [-0.3, -0.25) is 4.79 Å². The number of carbonyl (C=O) groups is 2. The monoisotopic (exact) mass is 286 g/mol. The van der Waals surface area contributed by atoms with Crippen LogP contribution in [0.4, 0.5) is 0 Å². The number of carbonyl (C=O) groups excluding carboxylic acids is 2. The third kappa shape index (κ3) is 2.39. The molecule has 1 aliphatic rings. The quantitative estimate of drug-likeness (QED) is 0.881. The molecule has 0 radical (unpaired) electrons. The third-order valence-corrected chi connectivity index (χ3v) is 3.89. The van der Waals surface area contributed by atoms with Crippen LogP contribution in [0.2, 0.25) is 0 Å². The van der Waals surface area contributed by atoms with Crippen molar-refractivity contribution in [2.24, 2.45) is 0 Å². The number of esters is 1. The average molecular weight is 286 g/mol. The maximum Gasteiger partial charge on any atom is 0.328 e. The number of hydrogen-bond acceptors (Lipinski definition) is 3. The Morgan fingerprint density at radius 2 is 2.24 bits per heavy atom. The van der Waals surface area contributed by atoms with Crippen LogP contribution in [-0.2, 0) is 9.53 Å². The van der Waals surface area contributed by atoms with Crippen LogP contribution < -0.4 is 0 Å². The van der Waals surface area contributed by atoms with E-state index < -0.39 is 6.04 Å². The maximum atomic E-state index is 12.8. The van der Waals surface area contributed by atoms with E-state index >= 15 is 0 Å². The number of likely N-dealkylation sites (tertiary alicyclic amines) is 1. The summed E-state index contributed by atoms with van der Waals surface area (Å²) in [6.45, 7) is 2.71. The lowest BCUT2D eigenvalue weighted by Gasteiger charge is -2.23. The first-order valence-corrected chi connectivity index (χ1v) is 7.26. The van der Waals surface area contributed by atoms with Crippen molar-refractivity contribution in [2.45, 2.75) is 25.8 Å². The molecule has 1 amide bonds. The number of H-pyrrole nitrogens is 1. The number of fused-ring (bicyclic) bond motifs is 1. The fourth-order valence-electron chi connectivity index (χ4n) is 2.91. The molecule has 0 aliphatic carbocycles. The van der Waals surface area contributed by atoms with E-state index in [1.54, 1.807) is 17.9 Å². The molecule has 0 spiro atoms. The molecule has 1 fully saturated rings. The van der Waals surface area contributed by atoms with E-state index in [0.717, 1.165) is 17.3 Å². The Bertz CT molecular complexity index is 677. The van der Waals surface area contributed by atoms with Crippen LogP contribution in [0.3, 0.4) is 0 Å². The highest BCUT2D eigenvalue weighted by atomic mass is 16.5. The Hall–Kier alpha value is -2.30. The molecule has 1 aromatic heterocycles. The first kappa shape index (κ1) is 13.7. The number of amides is 1. The normalized spacial score (nSPS) is 18.1. The summed E-state index contributed by atoms with van der Waals surface area (Å²) in [6, 6.07) is 7.08. The number of ether oxygens (including phenoxy) is 1. The second kappa shape index (κ2) is 5.60. The van der Waals surface area contributed by atoms with Crippen LogP contribution in [0.1, 0.15) is 30.1 Å². The predicted octanol–water partition coefficient (Wildman–Crippen LogP) is 2.34. The largest absolute Gasteiger partial charge is 0.464 e. The van der Waals surface area contributed by atoms with E-state index in [1.807, 2.05) is 24.4 Å². The van der Waals surface area contributed by atoms with Gasteiger partial charge < -0.3 is 14.6 Å². The number of hydrogen-bond donors (Lipinski definition) is 1. The molecule has 1 aliphatic heterocycles. The molecule has 1 N–H and O–H groups in total. The molecule has 0 saturated carbocycles. The number of aromatic nitrogens is 1. The molecule has 1 atom stereocenters. The van der Waals surface area contributed by atoms with Crippen molar-refractivity contribution in [3.05, 3.63) is 36.0 Å². The number of aromatic amines is 1. The highest BCUT2D eigenvalue weighted by Gasteiger charge is 2.36. The summed E-state index contributed by atoms with van der Waals surface area (Å²) in [7, 11) is 0. The Labute approximate surface area is 122 Å². The summed E-state index contributed by atoms with van der Waals surface area (Å²) in [5, 5.41) is 0.993. The molecule has 0 bridgehead atoms. The lowest BCUT2D eigenvalue weighted by molar-refractivity contribution is -0.147. The second-order valence-electron chi connectivity index (χ2n) is 5.16. The van der Waals surface area contributed by atoms with Crippen molar-refractivity contribution < 1.29 is 14.3 Å². The fraction of sp³-hybridized carbons (Fsp3) is 0.375. The zero-order valence-corrected chi connectivity index (χ0v) is 12.0. The van der Waals surface area contributed by atoms with Crippen molar-refractivity contribution in [1.29, 1.82) is 0 Å². The maximum absolute atomic E-state index is 12.8. The smallest absolute Gasteiger partial charge is 0.328 e. The molecule has 110 valence electrons. The van der Waals surface area contributed by atoms with Crippen LogP contribution in [0, 0.1) is 0 Å². The summed E-state index contributed by atoms with van der Waals surface area (Å²) in [5.74, 6) is -0.416. The molecule has 1 saturated heterocycles. The number of rotatable bonds is 3.